The van der Waals surface area contributed by atoms with E-state index in [-0.39, 0.29) is 0 Å². The molecule has 1 heteroatoms. The van der Waals surface area contributed by atoms with Gasteiger partial charge in [-0.2, -0.15) is 0 Å². The molecule has 2 unspecified atom stereocenters. The average molecular weight is 227 g/mol. The van der Waals surface area contributed by atoms with Gasteiger partial charge in [-0.05, 0) is 45.4 Å². The maximum Gasteiger partial charge on any atom is 0.0125 e. The van der Waals surface area contributed by atoms with Gasteiger partial charge in [-0.1, -0.05) is 34.1 Å². The van der Waals surface area contributed by atoms with Crippen LogP contribution in [0.2, 0.25) is 0 Å². The predicted molar refractivity (Wildman–Crippen MR) is 74.9 cm³/mol. The summed E-state index contributed by atoms with van der Waals surface area (Å²) in [6.45, 7) is 17.8. The van der Waals surface area contributed by atoms with E-state index >= 15 is 0 Å². The third kappa shape index (κ3) is 4.08. The molecule has 1 aliphatic carbocycles. The summed E-state index contributed by atoms with van der Waals surface area (Å²) in [5.41, 5.74) is 0.407. The first kappa shape index (κ1) is 16.0. The minimum absolute atomic E-state index is 0.407. The Morgan fingerprint density at radius 1 is 0.812 bits per heavy atom. The second-order valence-electron chi connectivity index (χ2n) is 5.53. The SMILES string of the molecule is CC.CC.CC(C)(C)N1CC2CCCC2C1. The molecule has 0 radical (unpaired) electrons. The molecule has 2 rings (SSSR count). The van der Waals surface area contributed by atoms with Gasteiger partial charge in [0.2, 0.25) is 0 Å². The number of rotatable bonds is 0. The van der Waals surface area contributed by atoms with Crippen LogP contribution in [0.3, 0.4) is 0 Å². The van der Waals surface area contributed by atoms with Crippen molar-refractivity contribution in [2.45, 2.75) is 73.3 Å². The third-order valence-electron chi connectivity index (χ3n) is 3.67. The van der Waals surface area contributed by atoms with Crippen LogP contribution < -0.4 is 0 Å². The Labute approximate surface area is 104 Å². The first-order valence-corrected chi connectivity index (χ1v) is 7.32. The topological polar surface area (TPSA) is 3.24 Å². The summed E-state index contributed by atoms with van der Waals surface area (Å²) in [5.74, 6) is 2.09. The van der Waals surface area contributed by atoms with Gasteiger partial charge >= 0.3 is 0 Å². The Morgan fingerprint density at radius 2 is 1.19 bits per heavy atom. The van der Waals surface area contributed by atoms with Crippen molar-refractivity contribution >= 4 is 0 Å². The fourth-order valence-corrected chi connectivity index (χ4v) is 2.78. The monoisotopic (exact) mass is 227 g/mol. The van der Waals surface area contributed by atoms with Crippen LogP contribution >= 0.6 is 0 Å². The molecule has 1 aliphatic heterocycles. The van der Waals surface area contributed by atoms with Crippen molar-refractivity contribution in [2.24, 2.45) is 11.8 Å². The van der Waals surface area contributed by atoms with Crippen molar-refractivity contribution in [3.63, 3.8) is 0 Å². The van der Waals surface area contributed by atoms with E-state index < -0.39 is 0 Å². The van der Waals surface area contributed by atoms with Crippen LogP contribution in [0.1, 0.15) is 67.7 Å². The van der Waals surface area contributed by atoms with Gasteiger partial charge in [0.05, 0.1) is 0 Å². The first-order chi connectivity index (χ1) is 7.57. The maximum atomic E-state index is 2.67. The van der Waals surface area contributed by atoms with Crippen LogP contribution in [0.25, 0.3) is 0 Å². The highest BCUT2D eigenvalue weighted by molar-refractivity contribution is 4.92. The van der Waals surface area contributed by atoms with Crippen LogP contribution in [-0.2, 0) is 0 Å². The van der Waals surface area contributed by atoms with Crippen LogP contribution in [-0.4, -0.2) is 23.5 Å². The van der Waals surface area contributed by atoms with Crippen molar-refractivity contribution in [2.75, 3.05) is 13.1 Å². The Morgan fingerprint density at radius 3 is 1.50 bits per heavy atom. The number of nitrogens with zero attached hydrogens (tertiary/aromatic N) is 1. The molecule has 0 spiro atoms. The highest BCUT2D eigenvalue weighted by Gasteiger charge is 2.39. The second kappa shape index (κ2) is 7.32. The Hall–Kier alpha value is -0.0400. The van der Waals surface area contributed by atoms with Crippen LogP contribution in [0.5, 0.6) is 0 Å². The number of likely N-dealkylation sites (tertiary alicyclic amines) is 1. The molecule has 0 aromatic rings. The fourth-order valence-electron chi connectivity index (χ4n) is 2.78. The molecular weight excluding hydrogens is 194 g/mol. The minimum Gasteiger partial charge on any atom is -0.298 e. The highest BCUT2D eigenvalue weighted by atomic mass is 15.2. The van der Waals surface area contributed by atoms with Crippen molar-refractivity contribution in [1.82, 2.24) is 4.90 Å². The number of fused-ring (bicyclic) bond motifs is 1. The molecule has 2 aliphatic rings. The number of hydrogen-bond donors (Lipinski definition) is 0. The van der Waals surface area contributed by atoms with E-state index in [4.69, 9.17) is 0 Å². The van der Waals surface area contributed by atoms with Crippen molar-refractivity contribution in [3.05, 3.63) is 0 Å². The molecule has 98 valence electrons. The first-order valence-electron chi connectivity index (χ1n) is 7.32. The molecule has 1 saturated carbocycles. The van der Waals surface area contributed by atoms with Crippen LogP contribution in [0.4, 0.5) is 0 Å². The van der Waals surface area contributed by atoms with E-state index in [1.54, 1.807) is 0 Å². The molecule has 2 fully saturated rings. The molecule has 0 N–H and O–H groups in total. The molecular formula is C15H33N. The smallest absolute Gasteiger partial charge is 0.0125 e. The van der Waals surface area contributed by atoms with Gasteiger partial charge in [0, 0.05) is 18.6 Å². The van der Waals surface area contributed by atoms with E-state index in [1.165, 1.54) is 32.4 Å². The lowest BCUT2D eigenvalue weighted by Gasteiger charge is -2.32. The molecule has 0 amide bonds. The second-order valence-corrected chi connectivity index (χ2v) is 5.53. The fraction of sp³-hybridized carbons (Fsp3) is 1.00. The predicted octanol–water partition coefficient (Wildman–Crippen LogP) is 4.57. The molecule has 1 saturated heterocycles. The molecule has 0 aromatic carbocycles. The van der Waals surface area contributed by atoms with Crippen LogP contribution in [0.15, 0.2) is 0 Å². The lowest BCUT2D eigenvalue weighted by Crippen LogP contribution is -2.39. The minimum atomic E-state index is 0.407. The summed E-state index contributed by atoms with van der Waals surface area (Å²) in [6, 6.07) is 0. The molecule has 16 heavy (non-hydrogen) atoms. The van der Waals surface area contributed by atoms with E-state index in [0.717, 1.165) is 11.8 Å². The highest BCUT2D eigenvalue weighted by Crippen LogP contribution is 2.39. The largest absolute Gasteiger partial charge is 0.298 e. The van der Waals surface area contributed by atoms with Gasteiger partial charge in [0.1, 0.15) is 0 Å². The Kier molecular flexibility index (Phi) is 7.30. The summed E-state index contributed by atoms with van der Waals surface area (Å²) in [7, 11) is 0. The Bertz CT molecular complexity index is 157. The third-order valence-corrected chi connectivity index (χ3v) is 3.67. The molecule has 0 aromatic heterocycles. The molecule has 1 heterocycles. The summed E-state index contributed by atoms with van der Waals surface area (Å²) >= 11 is 0. The molecule has 1 nitrogen and oxygen atoms in total. The van der Waals surface area contributed by atoms with Gasteiger partial charge in [-0.25, -0.2) is 0 Å². The summed E-state index contributed by atoms with van der Waals surface area (Å²) in [5, 5.41) is 0. The van der Waals surface area contributed by atoms with Gasteiger partial charge in [-0.3, -0.25) is 4.90 Å². The quantitative estimate of drug-likeness (QED) is 0.586. The number of hydrogen-bond acceptors (Lipinski definition) is 1. The van der Waals surface area contributed by atoms with E-state index in [2.05, 4.69) is 25.7 Å². The maximum absolute atomic E-state index is 2.67. The van der Waals surface area contributed by atoms with E-state index in [1.807, 2.05) is 27.7 Å². The summed E-state index contributed by atoms with van der Waals surface area (Å²) < 4.78 is 0. The average Bonchev–Trinajstić information content (AvgIpc) is 2.82. The zero-order valence-electron chi connectivity index (χ0n) is 12.6. The lowest BCUT2D eigenvalue weighted by atomic mass is 10.0. The zero-order chi connectivity index (χ0) is 12.8. The van der Waals surface area contributed by atoms with E-state index in [0.29, 0.717) is 5.54 Å². The summed E-state index contributed by atoms with van der Waals surface area (Å²) in [4.78, 5) is 2.67. The van der Waals surface area contributed by atoms with Gasteiger partial charge in [0.15, 0.2) is 0 Å². The standard InChI is InChI=1S/C11H21N.2C2H6/c1-11(2,3)12-7-9-5-4-6-10(9)8-12;2*1-2/h9-10H,4-8H2,1-3H3;2*1-2H3. The van der Waals surface area contributed by atoms with E-state index in [9.17, 15) is 0 Å². The summed E-state index contributed by atoms with van der Waals surface area (Å²) in [6.07, 6.45) is 4.49. The van der Waals surface area contributed by atoms with Gasteiger partial charge in [-0.15, -0.1) is 0 Å². The molecule has 2 atom stereocenters. The van der Waals surface area contributed by atoms with Crippen molar-refractivity contribution < 1.29 is 0 Å². The Balaban J connectivity index is 0.000000509. The van der Waals surface area contributed by atoms with Gasteiger partial charge < -0.3 is 0 Å². The lowest BCUT2D eigenvalue weighted by molar-refractivity contribution is 0.161. The van der Waals surface area contributed by atoms with Crippen molar-refractivity contribution in [1.29, 1.82) is 0 Å². The normalized spacial score (nSPS) is 28.7. The zero-order valence-corrected chi connectivity index (χ0v) is 12.6. The van der Waals surface area contributed by atoms with Crippen molar-refractivity contribution in [3.8, 4) is 0 Å². The molecule has 0 bridgehead atoms. The van der Waals surface area contributed by atoms with Crippen LogP contribution in [0, 0.1) is 11.8 Å². The van der Waals surface area contributed by atoms with Gasteiger partial charge in [0.25, 0.3) is 0 Å².